The molecule has 2 aliphatic rings. The molecule has 116 valence electrons. The van der Waals surface area contributed by atoms with Crippen LogP contribution in [0.25, 0.3) is 0 Å². The van der Waals surface area contributed by atoms with Gasteiger partial charge in [0.2, 0.25) is 0 Å². The van der Waals surface area contributed by atoms with Crippen LogP contribution in [0.15, 0.2) is 0 Å². The van der Waals surface area contributed by atoms with Crippen LogP contribution in [0.1, 0.15) is 52.4 Å². The first-order valence-corrected chi connectivity index (χ1v) is 8.00. The van der Waals surface area contributed by atoms with Crippen LogP contribution in [0.2, 0.25) is 0 Å². The molecule has 2 aliphatic carbocycles. The number of carbonyl (C=O) groups is 1. The highest BCUT2D eigenvalue weighted by molar-refractivity contribution is 5.73. The molecular formula is C16H28O4. The van der Waals surface area contributed by atoms with Gasteiger partial charge in [-0.3, -0.25) is 4.79 Å². The minimum absolute atomic E-state index is 0.0525. The molecule has 0 aromatic heterocycles. The SMILES string of the molecule is CCOC(C)OC1CC2CCCCC2CC1C(=O)OC. The zero-order valence-electron chi connectivity index (χ0n) is 13.0. The van der Waals surface area contributed by atoms with Crippen LogP contribution in [0.3, 0.4) is 0 Å². The Balaban J connectivity index is 2.02. The maximum absolute atomic E-state index is 12.0. The standard InChI is InChI=1S/C16H28O4/c1-4-19-11(2)20-15-10-13-8-6-5-7-12(13)9-14(15)16(17)18-3/h11-15H,4-10H2,1-3H3. The molecule has 0 bridgehead atoms. The van der Waals surface area contributed by atoms with Crippen molar-refractivity contribution in [3.63, 3.8) is 0 Å². The Hall–Kier alpha value is -0.610. The van der Waals surface area contributed by atoms with Gasteiger partial charge in [0.25, 0.3) is 0 Å². The van der Waals surface area contributed by atoms with E-state index in [1.165, 1.54) is 32.8 Å². The lowest BCUT2D eigenvalue weighted by molar-refractivity contribution is -0.195. The van der Waals surface area contributed by atoms with Crippen LogP contribution in [-0.2, 0) is 19.0 Å². The molecule has 2 saturated carbocycles. The van der Waals surface area contributed by atoms with E-state index in [2.05, 4.69) is 0 Å². The Morgan fingerprint density at radius 2 is 1.85 bits per heavy atom. The summed E-state index contributed by atoms with van der Waals surface area (Å²) in [6.07, 6.45) is 6.74. The Morgan fingerprint density at radius 1 is 1.20 bits per heavy atom. The summed E-state index contributed by atoms with van der Waals surface area (Å²) in [5.74, 6) is 1.14. The predicted molar refractivity (Wildman–Crippen MR) is 76.1 cm³/mol. The second kappa shape index (κ2) is 7.41. The van der Waals surface area contributed by atoms with Gasteiger partial charge in [-0.2, -0.15) is 0 Å². The van der Waals surface area contributed by atoms with Crippen LogP contribution in [0.5, 0.6) is 0 Å². The number of fused-ring (bicyclic) bond motifs is 1. The van der Waals surface area contributed by atoms with E-state index in [0.717, 1.165) is 12.8 Å². The molecule has 2 fully saturated rings. The quantitative estimate of drug-likeness (QED) is 0.574. The van der Waals surface area contributed by atoms with Crippen molar-refractivity contribution in [3.05, 3.63) is 0 Å². The Morgan fingerprint density at radius 3 is 2.45 bits per heavy atom. The molecule has 5 unspecified atom stereocenters. The molecule has 5 atom stereocenters. The summed E-state index contributed by atoms with van der Waals surface area (Å²) in [5.41, 5.74) is 0. The van der Waals surface area contributed by atoms with Crippen LogP contribution < -0.4 is 0 Å². The molecule has 0 radical (unpaired) electrons. The summed E-state index contributed by atoms with van der Waals surface area (Å²) in [7, 11) is 1.47. The number of methoxy groups -OCH3 is 1. The molecule has 0 heterocycles. The van der Waals surface area contributed by atoms with E-state index in [9.17, 15) is 4.79 Å². The summed E-state index contributed by atoms with van der Waals surface area (Å²) in [4.78, 5) is 12.0. The monoisotopic (exact) mass is 284 g/mol. The first-order chi connectivity index (χ1) is 9.65. The van der Waals surface area contributed by atoms with Crippen LogP contribution in [0.4, 0.5) is 0 Å². The van der Waals surface area contributed by atoms with Gasteiger partial charge in [0, 0.05) is 6.61 Å². The third-order valence-corrected chi connectivity index (χ3v) is 4.88. The number of ether oxygens (including phenoxy) is 3. The zero-order valence-corrected chi connectivity index (χ0v) is 13.0. The van der Waals surface area contributed by atoms with Crippen molar-refractivity contribution in [3.8, 4) is 0 Å². The highest BCUT2D eigenvalue weighted by Crippen LogP contribution is 2.44. The van der Waals surface area contributed by atoms with E-state index in [0.29, 0.717) is 18.4 Å². The van der Waals surface area contributed by atoms with Gasteiger partial charge in [0.15, 0.2) is 6.29 Å². The van der Waals surface area contributed by atoms with Crippen LogP contribution in [0, 0.1) is 17.8 Å². The smallest absolute Gasteiger partial charge is 0.311 e. The lowest BCUT2D eigenvalue weighted by Gasteiger charge is -2.43. The number of hydrogen-bond acceptors (Lipinski definition) is 4. The fourth-order valence-corrected chi connectivity index (χ4v) is 3.92. The second-order valence-electron chi connectivity index (χ2n) is 6.10. The van der Waals surface area contributed by atoms with Crippen molar-refractivity contribution in [1.82, 2.24) is 0 Å². The number of carbonyl (C=O) groups excluding carboxylic acids is 1. The summed E-state index contributed by atoms with van der Waals surface area (Å²) in [6.45, 7) is 4.49. The minimum atomic E-state index is -0.253. The molecule has 4 heteroatoms. The van der Waals surface area contributed by atoms with Gasteiger partial charge in [-0.05, 0) is 38.5 Å². The Bertz CT molecular complexity index is 318. The molecule has 0 saturated heterocycles. The molecule has 0 N–H and O–H groups in total. The lowest BCUT2D eigenvalue weighted by atomic mass is 9.66. The summed E-state index contributed by atoms with van der Waals surface area (Å²) < 4.78 is 16.4. The van der Waals surface area contributed by atoms with E-state index < -0.39 is 0 Å². The van der Waals surface area contributed by atoms with Crippen molar-refractivity contribution in [2.75, 3.05) is 13.7 Å². The lowest BCUT2D eigenvalue weighted by Crippen LogP contribution is -2.44. The van der Waals surface area contributed by atoms with Crippen LogP contribution >= 0.6 is 0 Å². The van der Waals surface area contributed by atoms with Gasteiger partial charge in [0.1, 0.15) is 0 Å². The topological polar surface area (TPSA) is 44.8 Å². The normalized spacial score (nSPS) is 35.1. The average molecular weight is 284 g/mol. The molecule has 0 aromatic rings. The Labute approximate surface area is 122 Å². The van der Waals surface area contributed by atoms with E-state index in [1.807, 2.05) is 13.8 Å². The fourth-order valence-electron chi connectivity index (χ4n) is 3.92. The molecule has 0 aromatic carbocycles. The van der Waals surface area contributed by atoms with Crippen molar-refractivity contribution in [2.45, 2.75) is 64.8 Å². The predicted octanol–water partition coefficient (Wildman–Crippen LogP) is 3.14. The highest BCUT2D eigenvalue weighted by Gasteiger charge is 2.43. The van der Waals surface area contributed by atoms with Crippen molar-refractivity contribution < 1.29 is 19.0 Å². The average Bonchev–Trinajstić information content (AvgIpc) is 2.46. The van der Waals surface area contributed by atoms with Gasteiger partial charge in [-0.15, -0.1) is 0 Å². The van der Waals surface area contributed by atoms with E-state index >= 15 is 0 Å². The number of esters is 1. The third-order valence-electron chi connectivity index (χ3n) is 4.88. The largest absolute Gasteiger partial charge is 0.469 e. The molecule has 0 aliphatic heterocycles. The van der Waals surface area contributed by atoms with Crippen molar-refractivity contribution in [2.24, 2.45) is 17.8 Å². The molecular weight excluding hydrogens is 256 g/mol. The third kappa shape index (κ3) is 3.73. The highest BCUT2D eigenvalue weighted by atomic mass is 16.7. The van der Waals surface area contributed by atoms with E-state index in [-0.39, 0.29) is 24.3 Å². The number of rotatable bonds is 5. The van der Waals surface area contributed by atoms with Crippen LogP contribution in [-0.4, -0.2) is 32.1 Å². The first-order valence-electron chi connectivity index (χ1n) is 8.00. The van der Waals surface area contributed by atoms with Gasteiger partial charge in [-0.25, -0.2) is 0 Å². The first kappa shape index (κ1) is 15.8. The molecule has 20 heavy (non-hydrogen) atoms. The van der Waals surface area contributed by atoms with Gasteiger partial charge in [-0.1, -0.05) is 25.7 Å². The maximum atomic E-state index is 12.0. The molecule has 0 amide bonds. The van der Waals surface area contributed by atoms with Crippen molar-refractivity contribution >= 4 is 5.97 Å². The Kier molecular flexibility index (Phi) is 5.85. The summed E-state index contributed by atoms with van der Waals surface area (Å²) >= 11 is 0. The van der Waals surface area contributed by atoms with Gasteiger partial charge in [0.05, 0.1) is 19.1 Å². The van der Waals surface area contributed by atoms with E-state index in [1.54, 1.807) is 0 Å². The zero-order chi connectivity index (χ0) is 14.5. The molecule has 2 rings (SSSR count). The van der Waals surface area contributed by atoms with Gasteiger partial charge >= 0.3 is 5.97 Å². The minimum Gasteiger partial charge on any atom is -0.469 e. The maximum Gasteiger partial charge on any atom is 0.311 e. The summed E-state index contributed by atoms with van der Waals surface area (Å²) in [6, 6.07) is 0. The molecule has 0 spiro atoms. The van der Waals surface area contributed by atoms with Crippen molar-refractivity contribution in [1.29, 1.82) is 0 Å². The molecule has 4 nitrogen and oxygen atoms in total. The fraction of sp³-hybridized carbons (Fsp3) is 0.938. The van der Waals surface area contributed by atoms with Gasteiger partial charge < -0.3 is 14.2 Å². The summed E-state index contributed by atoms with van der Waals surface area (Å²) in [5, 5.41) is 0. The van der Waals surface area contributed by atoms with E-state index in [4.69, 9.17) is 14.2 Å². The second-order valence-corrected chi connectivity index (χ2v) is 6.10. The number of hydrogen-bond donors (Lipinski definition) is 0.